The Hall–Kier alpha value is -3.16. The SMILES string of the molecule is CCN(CC)c1ccc(C(=O)NN=Cc2ccc([N+](=O)[O-])o2)cc1. The Labute approximate surface area is 138 Å². The minimum absolute atomic E-state index is 0.180. The number of rotatable bonds is 7. The summed E-state index contributed by atoms with van der Waals surface area (Å²) in [6.07, 6.45) is 1.20. The lowest BCUT2D eigenvalue weighted by Gasteiger charge is -2.20. The minimum Gasteiger partial charge on any atom is -0.400 e. The van der Waals surface area contributed by atoms with Crippen LogP contribution in [0.2, 0.25) is 0 Å². The number of carbonyl (C=O) groups excluding carboxylic acids is 1. The molecule has 1 N–H and O–H groups in total. The van der Waals surface area contributed by atoms with Crippen LogP contribution < -0.4 is 10.3 Å². The normalized spacial score (nSPS) is 10.8. The number of hydrazone groups is 1. The van der Waals surface area contributed by atoms with E-state index < -0.39 is 4.92 Å². The van der Waals surface area contributed by atoms with Gasteiger partial charge >= 0.3 is 5.88 Å². The molecule has 1 amide bonds. The van der Waals surface area contributed by atoms with Crippen molar-refractivity contribution in [3.05, 3.63) is 57.8 Å². The lowest BCUT2D eigenvalue weighted by atomic mass is 10.2. The van der Waals surface area contributed by atoms with Crippen molar-refractivity contribution in [1.29, 1.82) is 0 Å². The van der Waals surface area contributed by atoms with Gasteiger partial charge in [-0.1, -0.05) is 0 Å². The van der Waals surface area contributed by atoms with E-state index in [1.165, 1.54) is 18.3 Å². The molecule has 0 atom stereocenters. The van der Waals surface area contributed by atoms with Gasteiger partial charge in [0.2, 0.25) is 0 Å². The molecule has 0 aliphatic carbocycles. The maximum Gasteiger partial charge on any atom is 0.433 e. The molecule has 0 saturated heterocycles. The lowest BCUT2D eigenvalue weighted by Crippen LogP contribution is -2.22. The first-order chi connectivity index (χ1) is 11.5. The summed E-state index contributed by atoms with van der Waals surface area (Å²) in [6, 6.07) is 9.80. The van der Waals surface area contributed by atoms with Crippen molar-refractivity contribution in [2.75, 3.05) is 18.0 Å². The Kier molecular flexibility index (Phi) is 5.67. The van der Waals surface area contributed by atoms with Crippen LogP contribution in [-0.2, 0) is 0 Å². The molecule has 0 fully saturated rings. The van der Waals surface area contributed by atoms with E-state index >= 15 is 0 Å². The number of carbonyl (C=O) groups is 1. The minimum atomic E-state index is -0.645. The van der Waals surface area contributed by atoms with Crippen molar-refractivity contribution in [2.24, 2.45) is 5.10 Å². The number of furan rings is 1. The van der Waals surface area contributed by atoms with E-state index in [0.717, 1.165) is 18.8 Å². The van der Waals surface area contributed by atoms with E-state index in [1.54, 1.807) is 12.1 Å². The third-order valence-corrected chi connectivity index (χ3v) is 3.41. The Morgan fingerprint density at radius 1 is 1.25 bits per heavy atom. The van der Waals surface area contributed by atoms with Gasteiger partial charge < -0.3 is 9.32 Å². The predicted octanol–water partition coefficient (Wildman–Crippen LogP) is 2.80. The zero-order chi connectivity index (χ0) is 17.5. The standard InChI is InChI=1S/C16H18N4O4/c1-3-19(4-2)13-7-5-12(6-8-13)16(21)18-17-11-14-9-10-15(24-14)20(22)23/h5-11H,3-4H2,1-2H3,(H,18,21). The average molecular weight is 330 g/mol. The molecule has 8 heteroatoms. The summed E-state index contributed by atoms with van der Waals surface area (Å²) >= 11 is 0. The fourth-order valence-electron chi connectivity index (χ4n) is 2.14. The van der Waals surface area contributed by atoms with Crippen LogP contribution in [0.1, 0.15) is 30.0 Å². The molecule has 0 radical (unpaired) electrons. The van der Waals surface area contributed by atoms with E-state index in [0.29, 0.717) is 5.56 Å². The van der Waals surface area contributed by atoms with E-state index in [4.69, 9.17) is 4.42 Å². The number of benzene rings is 1. The second-order valence-electron chi connectivity index (χ2n) is 4.85. The van der Waals surface area contributed by atoms with Crippen LogP contribution in [0.5, 0.6) is 0 Å². The second kappa shape index (κ2) is 7.91. The van der Waals surface area contributed by atoms with Crippen molar-refractivity contribution in [2.45, 2.75) is 13.8 Å². The Balaban J connectivity index is 1.96. The van der Waals surface area contributed by atoms with Gasteiger partial charge in [-0.3, -0.25) is 14.9 Å². The third kappa shape index (κ3) is 4.19. The first-order valence-electron chi connectivity index (χ1n) is 7.47. The van der Waals surface area contributed by atoms with Gasteiger partial charge in [0.1, 0.15) is 4.92 Å². The molecular formula is C16H18N4O4. The molecule has 0 bridgehead atoms. The highest BCUT2D eigenvalue weighted by Gasteiger charge is 2.10. The highest BCUT2D eigenvalue weighted by atomic mass is 16.6. The van der Waals surface area contributed by atoms with Crippen LogP contribution in [0.15, 0.2) is 45.9 Å². The summed E-state index contributed by atoms with van der Waals surface area (Å²) in [4.78, 5) is 24.0. The molecule has 8 nitrogen and oxygen atoms in total. The molecule has 2 rings (SSSR count). The lowest BCUT2D eigenvalue weighted by molar-refractivity contribution is -0.402. The van der Waals surface area contributed by atoms with Gasteiger partial charge in [-0.15, -0.1) is 0 Å². The quantitative estimate of drug-likeness (QED) is 0.478. The molecule has 1 aromatic heterocycles. The summed E-state index contributed by atoms with van der Waals surface area (Å²) < 4.78 is 4.89. The van der Waals surface area contributed by atoms with Crippen molar-refractivity contribution in [3.63, 3.8) is 0 Å². The summed E-state index contributed by atoms with van der Waals surface area (Å²) in [6.45, 7) is 5.92. The maximum atomic E-state index is 12.0. The van der Waals surface area contributed by atoms with E-state index in [9.17, 15) is 14.9 Å². The van der Waals surface area contributed by atoms with Gasteiger partial charge in [-0.25, -0.2) is 5.43 Å². The molecular weight excluding hydrogens is 312 g/mol. The van der Waals surface area contributed by atoms with Gasteiger partial charge in [-0.2, -0.15) is 5.10 Å². The van der Waals surface area contributed by atoms with Crippen LogP contribution in [0.4, 0.5) is 11.6 Å². The van der Waals surface area contributed by atoms with Crippen LogP contribution in [0, 0.1) is 10.1 Å². The molecule has 24 heavy (non-hydrogen) atoms. The highest BCUT2D eigenvalue weighted by Crippen LogP contribution is 2.15. The number of hydrogen-bond donors (Lipinski definition) is 1. The summed E-state index contributed by atoms with van der Waals surface area (Å²) in [7, 11) is 0. The smallest absolute Gasteiger partial charge is 0.400 e. The van der Waals surface area contributed by atoms with Crippen LogP contribution >= 0.6 is 0 Å². The average Bonchev–Trinajstić information content (AvgIpc) is 3.06. The first-order valence-corrected chi connectivity index (χ1v) is 7.47. The molecule has 0 saturated carbocycles. The molecule has 0 spiro atoms. The molecule has 0 unspecified atom stereocenters. The monoisotopic (exact) mass is 330 g/mol. The van der Waals surface area contributed by atoms with Crippen molar-refractivity contribution in [3.8, 4) is 0 Å². The fraction of sp³-hybridized carbons (Fsp3) is 0.250. The highest BCUT2D eigenvalue weighted by molar-refractivity contribution is 5.95. The van der Waals surface area contributed by atoms with Crippen molar-refractivity contribution >= 4 is 23.7 Å². The number of nitrogens with one attached hydrogen (secondary N) is 1. The van der Waals surface area contributed by atoms with Gasteiger partial charge in [0, 0.05) is 24.3 Å². The molecule has 0 aliphatic heterocycles. The van der Waals surface area contributed by atoms with Gasteiger partial charge in [0.25, 0.3) is 5.91 Å². The number of amides is 1. The van der Waals surface area contributed by atoms with Crippen molar-refractivity contribution < 1.29 is 14.1 Å². The zero-order valence-corrected chi connectivity index (χ0v) is 13.4. The summed E-state index contributed by atoms with van der Waals surface area (Å²) in [5, 5.41) is 14.2. The van der Waals surface area contributed by atoms with E-state index in [1.807, 2.05) is 12.1 Å². The van der Waals surface area contributed by atoms with Crippen LogP contribution in [-0.4, -0.2) is 30.1 Å². The third-order valence-electron chi connectivity index (χ3n) is 3.41. The maximum absolute atomic E-state index is 12.0. The van der Waals surface area contributed by atoms with Gasteiger partial charge in [0.05, 0.1) is 12.3 Å². The Bertz CT molecular complexity index is 733. The van der Waals surface area contributed by atoms with Crippen LogP contribution in [0.3, 0.4) is 0 Å². The molecule has 2 aromatic rings. The van der Waals surface area contributed by atoms with Gasteiger partial charge in [0.15, 0.2) is 5.76 Å². The number of nitrogens with zero attached hydrogens (tertiary/aromatic N) is 3. The molecule has 0 aliphatic rings. The number of anilines is 1. The van der Waals surface area contributed by atoms with Crippen LogP contribution in [0.25, 0.3) is 0 Å². The Morgan fingerprint density at radius 3 is 2.46 bits per heavy atom. The second-order valence-corrected chi connectivity index (χ2v) is 4.85. The molecule has 1 aromatic carbocycles. The van der Waals surface area contributed by atoms with Crippen molar-refractivity contribution in [1.82, 2.24) is 5.43 Å². The largest absolute Gasteiger partial charge is 0.433 e. The first kappa shape index (κ1) is 17.2. The molecule has 1 heterocycles. The predicted molar refractivity (Wildman–Crippen MR) is 90.4 cm³/mol. The Morgan fingerprint density at radius 2 is 1.92 bits per heavy atom. The van der Waals surface area contributed by atoms with E-state index in [-0.39, 0.29) is 17.6 Å². The summed E-state index contributed by atoms with van der Waals surface area (Å²) in [5.41, 5.74) is 3.86. The molecule has 126 valence electrons. The van der Waals surface area contributed by atoms with Gasteiger partial charge in [-0.05, 0) is 44.2 Å². The fourth-order valence-corrected chi connectivity index (χ4v) is 2.14. The number of nitro groups is 1. The summed E-state index contributed by atoms with van der Waals surface area (Å²) in [5.74, 6) is -0.577. The topological polar surface area (TPSA) is 101 Å². The van der Waals surface area contributed by atoms with E-state index in [2.05, 4.69) is 29.3 Å². The zero-order valence-electron chi connectivity index (χ0n) is 13.4. The number of hydrogen-bond acceptors (Lipinski definition) is 6.